The van der Waals surface area contributed by atoms with Crippen LogP contribution in [0.15, 0.2) is 11.7 Å². The molecule has 7 heteroatoms. The summed E-state index contributed by atoms with van der Waals surface area (Å²) in [7, 11) is 0. The van der Waals surface area contributed by atoms with Crippen LogP contribution in [0.2, 0.25) is 0 Å². The van der Waals surface area contributed by atoms with E-state index in [1.54, 1.807) is 17.7 Å². The first-order valence-electron chi connectivity index (χ1n) is 11.2. The summed E-state index contributed by atoms with van der Waals surface area (Å²) < 4.78 is 0. The number of thiophene rings is 1. The van der Waals surface area contributed by atoms with Crippen LogP contribution < -0.4 is 4.90 Å². The predicted octanol–water partition coefficient (Wildman–Crippen LogP) is 3.24. The Hall–Kier alpha value is -1.28. The van der Waals surface area contributed by atoms with Gasteiger partial charge in [0, 0.05) is 32.7 Å². The van der Waals surface area contributed by atoms with Gasteiger partial charge in [0.15, 0.2) is 0 Å². The average Bonchev–Trinajstić information content (AvgIpc) is 3.20. The fourth-order valence-electron chi connectivity index (χ4n) is 5.10. The number of rotatable bonds is 8. The van der Waals surface area contributed by atoms with Crippen molar-refractivity contribution >= 4 is 27.4 Å². The summed E-state index contributed by atoms with van der Waals surface area (Å²) in [6.45, 7) is 4.59. The molecule has 2 aliphatic rings. The number of fused-ring (bicyclic) bond motifs is 1. The van der Waals surface area contributed by atoms with Crippen molar-refractivity contribution in [3.05, 3.63) is 17.3 Å². The van der Waals surface area contributed by atoms with Crippen LogP contribution in [0, 0.1) is 5.92 Å². The van der Waals surface area contributed by atoms with Gasteiger partial charge in [-0.25, -0.2) is 9.97 Å². The maximum atomic E-state index is 9.25. The van der Waals surface area contributed by atoms with Crippen molar-refractivity contribution in [1.82, 2.24) is 14.9 Å². The second kappa shape index (κ2) is 10.2. The smallest absolute Gasteiger partial charge is 0.141 e. The molecule has 29 heavy (non-hydrogen) atoms. The minimum absolute atomic E-state index is 0.153. The maximum absolute atomic E-state index is 9.25. The van der Waals surface area contributed by atoms with E-state index in [1.165, 1.54) is 43.1 Å². The quantitative estimate of drug-likeness (QED) is 0.686. The third-order valence-electron chi connectivity index (χ3n) is 6.69. The van der Waals surface area contributed by atoms with Crippen molar-refractivity contribution in [2.45, 2.75) is 50.9 Å². The summed E-state index contributed by atoms with van der Waals surface area (Å²) in [6.07, 6.45) is 10.6. The molecule has 0 amide bonds. The molecule has 1 aliphatic carbocycles. The van der Waals surface area contributed by atoms with E-state index in [9.17, 15) is 10.2 Å². The molecule has 1 aliphatic heterocycles. The number of hydrogen-bond donors (Lipinski definition) is 2. The molecule has 2 aromatic heterocycles. The molecule has 2 aromatic rings. The highest BCUT2D eigenvalue weighted by atomic mass is 32.1. The van der Waals surface area contributed by atoms with Gasteiger partial charge in [-0.15, -0.1) is 11.3 Å². The van der Waals surface area contributed by atoms with Gasteiger partial charge in [-0.1, -0.05) is 19.3 Å². The maximum Gasteiger partial charge on any atom is 0.141 e. The van der Waals surface area contributed by atoms with Gasteiger partial charge in [-0.05, 0) is 48.5 Å². The Morgan fingerprint density at radius 1 is 1.00 bits per heavy atom. The molecule has 0 spiro atoms. The van der Waals surface area contributed by atoms with Crippen molar-refractivity contribution < 1.29 is 10.2 Å². The summed E-state index contributed by atoms with van der Waals surface area (Å²) in [5.74, 6) is 2.42. The Bertz CT molecular complexity index is 763. The highest BCUT2D eigenvalue weighted by Gasteiger charge is 2.27. The number of nitrogens with zero attached hydrogens (tertiary/aromatic N) is 4. The Balaban J connectivity index is 1.46. The lowest BCUT2D eigenvalue weighted by Crippen LogP contribution is -2.40. The molecular weight excluding hydrogens is 384 g/mol. The molecule has 3 heterocycles. The lowest BCUT2D eigenvalue weighted by atomic mass is 9.84. The molecule has 0 unspecified atom stereocenters. The molecule has 2 N–H and O–H groups in total. The van der Waals surface area contributed by atoms with E-state index in [1.807, 2.05) is 0 Å². The highest BCUT2D eigenvalue weighted by Crippen LogP contribution is 2.42. The first kappa shape index (κ1) is 21.0. The van der Waals surface area contributed by atoms with E-state index in [0.29, 0.717) is 24.9 Å². The lowest BCUT2D eigenvalue weighted by Gasteiger charge is -2.35. The van der Waals surface area contributed by atoms with E-state index in [2.05, 4.69) is 20.2 Å². The van der Waals surface area contributed by atoms with Crippen LogP contribution in [0.5, 0.6) is 0 Å². The van der Waals surface area contributed by atoms with Crippen LogP contribution in [-0.2, 0) is 0 Å². The molecule has 6 nitrogen and oxygen atoms in total. The number of hydrogen-bond acceptors (Lipinski definition) is 7. The van der Waals surface area contributed by atoms with E-state index in [-0.39, 0.29) is 13.2 Å². The van der Waals surface area contributed by atoms with Crippen molar-refractivity contribution in [3.8, 4) is 0 Å². The van der Waals surface area contributed by atoms with Crippen molar-refractivity contribution in [2.75, 3.05) is 50.8 Å². The third-order valence-corrected chi connectivity index (χ3v) is 7.59. The molecule has 0 aromatic carbocycles. The van der Waals surface area contributed by atoms with Gasteiger partial charge in [0.05, 0.1) is 18.6 Å². The molecule has 1 saturated heterocycles. The summed E-state index contributed by atoms with van der Waals surface area (Å²) in [6, 6.07) is 0. The monoisotopic (exact) mass is 418 g/mol. The third kappa shape index (κ3) is 4.90. The zero-order chi connectivity index (χ0) is 20.1. The second-order valence-corrected chi connectivity index (χ2v) is 9.44. The van der Waals surface area contributed by atoms with Crippen LogP contribution >= 0.6 is 11.3 Å². The predicted molar refractivity (Wildman–Crippen MR) is 119 cm³/mol. The minimum Gasteiger partial charge on any atom is -0.395 e. The molecule has 0 bridgehead atoms. The second-order valence-electron chi connectivity index (χ2n) is 8.58. The largest absolute Gasteiger partial charge is 0.395 e. The van der Waals surface area contributed by atoms with Gasteiger partial charge in [0.2, 0.25) is 0 Å². The number of piperidine rings is 1. The Labute approximate surface area is 177 Å². The minimum atomic E-state index is 0.153. The van der Waals surface area contributed by atoms with Gasteiger partial charge in [-0.3, -0.25) is 4.90 Å². The van der Waals surface area contributed by atoms with Crippen molar-refractivity contribution in [2.24, 2.45) is 5.92 Å². The van der Waals surface area contributed by atoms with Gasteiger partial charge in [0.25, 0.3) is 0 Å². The molecule has 1 saturated carbocycles. The summed E-state index contributed by atoms with van der Waals surface area (Å²) in [4.78, 5) is 15.1. The number of aliphatic hydroxyl groups excluding tert-OH is 2. The van der Waals surface area contributed by atoms with Crippen LogP contribution in [0.4, 0.5) is 5.82 Å². The molecule has 160 valence electrons. The molecule has 0 atom stereocenters. The number of aromatic nitrogens is 2. The van der Waals surface area contributed by atoms with Crippen LogP contribution in [0.3, 0.4) is 0 Å². The van der Waals surface area contributed by atoms with Gasteiger partial charge in [-0.2, -0.15) is 0 Å². The lowest BCUT2D eigenvalue weighted by molar-refractivity contribution is 0.138. The first-order chi connectivity index (χ1) is 14.3. The van der Waals surface area contributed by atoms with Gasteiger partial charge >= 0.3 is 0 Å². The number of aliphatic hydroxyl groups is 2. The Morgan fingerprint density at radius 3 is 2.41 bits per heavy atom. The van der Waals surface area contributed by atoms with Crippen LogP contribution in [-0.4, -0.2) is 71.0 Å². The molecular formula is C22H34N4O2S. The normalized spacial score (nSPS) is 19.5. The van der Waals surface area contributed by atoms with E-state index in [4.69, 9.17) is 4.98 Å². The van der Waals surface area contributed by atoms with Gasteiger partial charge < -0.3 is 15.1 Å². The Morgan fingerprint density at radius 2 is 1.72 bits per heavy atom. The number of anilines is 1. The standard InChI is InChI=1S/C22H34N4O2S/c27-12-10-25(11-13-28)14-17-6-8-26(9-7-17)21-20-19(18-4-2-1-3-5-18)15-29-22(20)24-16-23-21/h15-18,27-28H,1-14H2. The van der Waals surface area contributed by atoms with Crippen LogP contribution in [0.25, 0.3) is 10.2 Å². The molecule has 2 fully saturated rings. The topological polar surface area (TPSA) is 72.7 Å². The molecule has 4 rings (SSSR count). The average molecular weight is 419 g/mol. The van der Waals surface area contributed by atoms with E-state index in [0.717, 1.165) is 43.1 Å². The Kier molecular flexibility index (Phi) is 7.34. The van der Waals surface area contributed by atoms with Crippen LogP contribution in [0.1, 0.15) is 56.4 Å². The van der Waals surface area contributed by atoms with E-state index >= 15 is 0 Å². The fourth-order valence-corrected chi connectivity index (χ4v) is 6.09. The SMILES string of the molecule is OCCN(CCO)CC1CCN(c2ncnc3scc(C4CCCCC4)c23)CC1. The zero-order valence-corrected chi connectivity index (χ0v) is 18.1. The summed E-state index contributed by atoms with van der Waals surface area (Å²) in [5, 5.41) is 22.2. The zero-order valence-electron chi connectivity index (χ0n) is 17.3. The summed E-state index contributed by atoms with van der Waals surface area (Å²) >= 11 is 1.77. The van der Waals surface area contributed by atoms with Crippen molar-refractivity contribution in [1.29, 1.82) is 0 Å². The first-order valence-corrected chi connectivity index (χ1v) is 12.1. The fraction of sp³-hybridized carbons (Fsp3) is 0.727. The molecule has 0 radical (unpaired) electrons. The van der Waals surface area contributed by atoms with Gasteiger partial charge in [0.1, 0.15) is 17.0 Å². The highest BCUT2D eigenvalue weighted by molar-refractivity contribution is 7.17. The van der Waals surface area contributed by atoms with E-state index < -0.39 is 0 Å². The van der Waals surface area contributed by atoms with Crippen molar-refractivity contribution in [3.63, 3.8) is 0 Å². The summed E-state index contributed by atoms with van der Waals surface area (Å²) in [5.41, 5.74) is 1.49.